The number of benzene rings is 2. The lowest BCUT2D eigenvalue weighted by molar-refractivity contribution is -0.0435. The van der Waals surface area contributed by atoms with Crippen LogP contribution < -0.4 is 5.56 Å². The number of phenols is 1. The number of sulfone groups is 1. The zero-order valence-electron chi connectivity index (χ0n) is 18.3. The van der Waals surface area contributed by atoms with Crippen LogP contribution in [0.1, 0.15) is 31.9 Å². The van der Waals surface area contributed by atoms with E-state index in [-0.39, 0.29) is 28.0 Å². The summed E-state index contributed by atoms with van der Waals surface area (Å²) in [6, 6.07) is 3.94. The third kappa shape index (κ3) is 4.34. The molecule has 0 aliphatic carbocycles. The molecular formula is C21H21F3N2O5S2. The fourth-order valence-corrected chi connectivity index (χ4v) is 5.04. The maximum Gasteiger partial charge on any atom is 0.501 e. The van der Waals surface area contributed by atoms with Crippen molar-refractivity contribution in [2.24, 2.45) is 0 Å². The van der Waals surface area contributed by atoms with Crippen molar-refractivity contribution < 1.29 is 31.2 Å². The minimum absolute atomic E-state index is 0.0750. The first-order valence-electron chi connectivity index (χ1n) is 9.53. The maximum atomic E-state index is 12.9. The molecule has 0 amide bonds. The van der Waals surface area contributed by atoms with Crippen LogP contribution in [0.4, 0.5) is 13.2 Å². The number of nitrogens with one attached hydrogen (secondary N) is 1. The van der Waals surface area contributed by atoms with Crippen LogP contribution in [0.5, 0.6) is 5.75 Å². The van der Waals surface area contributed by atoms with Gasteiger partial charge in [0.1, 0.15) is 17.8 Å². The number of alkyl halides is 3. The molecule has 178 valence electrons. The molecule has 0 bridgehead atoms. The summed E-state index contributed by atoms with van der Waals surface area (Å²) in [4.78, 5) is 18.7. The van der Waals surface area contributed by atoms with Gasteiger partial charge in [-0.05, 0) is 41.7 Å². The number of H-pyrrole nitrogens is 1. The average molecular weight is 503 g/mol. The lowest BCUT2D eigenvalue weighted by Crippen LogP contribution is -2.23. The van der Waals surface area contributed by atoms with E-state index in [2.05, 4.69) is 9.97 Å². The fraction of sp³-hybridized carbons (Fsp3) is 0.333. The summed E-state index contributed by atoms with van der Waals surface area (Å²) < 4.78 is 74.4. The highest BCUT2D eigenvalue weighted by atomic mass is 32.2. The Balaban J connectivity index is 2.33. The molecule has 0 aliphatic rings. The first kappa shape index (κ1) is 25.1. The second-order valence-corrected chi connectivity index (χ2v) is 11.8. The van der Waals surface area contributed by atoms with Crippen LogP contribution in [0.2, 0.25) is 0 Å². The van der Waals surface area contributed by atoms with Crippen LogP contribution in [0.15, 0.2) is 38.9 Å². The van der Waals surface area contributed by atoms with Crippen molar-refractivity contribution in [3.8, 4) is 17.1 Å². The van der Waals surface area contributed by atoms with Crippen molar-refractivity contribution in [1.82, 2.24) is 9.97 Å². The van der Waals surface area contributed by atoms with E-state index < -0.39 is 42.4 Å². The molecule has 12 heteroatoms. The van der Waals surface area contributed by atoms with Crippen LogP contribution in [-0.4, -0.2) is 39.8 Å². The highest BCUT2D eigenvalue weighted by Gasteiger charge is 2.47. The topological polar surface area (TPSA) is 123 Å². The summed E-state index contributed by atoms with van der Waals surface area (Å²) in [6.07, 6.45) is 1.47. The van der Waals surface area contributed by atoms with E-state index >= 15 is 0 Å². The number of phenolic OH excluding ortho intramolecular Hbond substituents is 1. The predicted molar refractivity (Wildman–Crippen MR) is 118 cm³/mol. The largest absolute Gasteiger partial charge is 0.612 e. The van der Waals surface area contributed by atoms with E-state index in [9.17, 15) is 36.0 Å². The zero-order valence-corrected chi connectivity index (χ0v) is 19.9. The van der Waals surface area contributed by atoms with Gasteiger partial charge in [0.2, 0.25) is 0 Å². The Labute approximate surface area is 190 Å². The van der Waals surface area contributed by atoms with Crippen LogP contribution >= 0.6 is 0 Å². The summed E-state index contributed by atoms with van der Waals surface area (Å²) in [5.74, 6) is -0.278. The fourth-order valence-electron chi connectivity index (χ4n) is 3.44. The second-order valence-electron chi connectivity index (χ2n) is 8.52. The van der Waals surface area contributed by atoms with Gasteiger partial charge in [-0.25, -0.2) is 13.4 Å². The number of fused-ring (bicyclic) bond motifs is 1. The zero-order chi connectivity index (χ0) is 25.1. The summed E-state index contributed by atoms with van der Waals surface area (Å²) in [7, 11) is -5.65. The van der Waals surface area contributed by atoms with E-state index in [1.54, 1.807) is 13.0 Å². The molecule has 3 rings (SSSR count). The van der Waals surface area contributed by atoms with Crippen molar-refractivity contribution in [1.29, 1.82) is 0 Å². The van der Waals surface area contributed by atoms with Gasteiger partial charge < -0.3 is 14.6 Å². The average Bonchev–Trinajstić information content (AvgIpc) is 2.65. The van der Waals surface area contributed by atoms with Crippen molar-refractivity contribution in [2.45, 2.75) is 48.4 Å². The van der Waals surface area contributed by atoms with Crippen LogP contribution in [0, 0.1) is 6.92 Å². The highest BCUT2D eigenvalue weighted by molar-refractivity contribution is 7.92. The molecule has 0 aliphatic heterocycles. The molecule has 2 N–H and O–H groups in total. The van der Waals surface area contributed by atoms with Crippen LogP contribution in [-0.2, 0) is 26.4 Å². The molecular weight excluding hydrogens is 481 g/mol. The van der Waals surface area contributed by atoms with Crippen LogP contribution in [0.25, 0.3) is 22.3 Å². The molecule has 2 aromatic carbocycles. The quantitative estimate of drug-likeness (QED) is 0.523. The minimum Gasteiger partial charge on any atom is -0.612 e. The Morgan fingerprint density at radius 1 is 1.15 bits per heavy atom. The van der Waals surface area contributed by atoms with Gasteiger partial charge in [-0.1, -0.05) is 20.8 Å². The van der Waals surface area contributed by atoms with E-state index in [4.69, 9.17) is 0 Å². The molecule has 3 aromatic rings. The molecule has 7 nitrogen and oxygen atoms in total. The number of hydrogen-bond donors (Lipinski definition) is 2. The number of aromatic amines is 1. The Hall–Kier alpha value is -2.57. The van der Waals surface area contributed by atoms with Gasteiger partial charge in [-0.2, -0.15) is 13.2 Å². The first-order chi connectivity index (χ1) is 15.0. The lowest BCUT2D eigenvalue weighted by atomic mass is 9.84. The minimum atomic E-state index is -5.65. The van der Waals surface area contributed by atoms with Gasteiger partial charge in [0.25, 0.3) is 15.4 Å². The molecule has 0 saturated heterocycles. The lowest BCUT2D eigenvalue weighted by Gasteiger charge is -2.24. The van der Waals surface area contributed by atoms with Gasteiger partial charge >= 0.3 is 5.51 Å². The number of rotatable bonds is 3. The second kappa shape index (κ2) is 8.03. The predicted octanol–water partition coefficient (Wildman–Crippen LogP) is 3.93. The van der Waals surface area contributed by atoms with Crippen LogP contribution in [0.3, 0.4) is 0 Å². The molecule has 0 spiro atoms. The number of aromatic nitrogens is 2. The molecule has 33 heavy (non-hydrogen) atoms. The van der Waals surface area contributed by atoms with Gasteiger partial charge in [0.15, 0.2) is 4.90 Å². The van der Waals surface area contributed by atoms with Crippen molar-refractivity contribution >= 4 is 31.9 Å². The van der Waals surface area contributed by atoms with Crippen molar-refractivity contribution in [2.75, 3.05) is 6.26 Å². The molecule has 0 unspecified atom stereocenters. The third-order valence-electron chi connectivity index (χ3n) is 5.16. The standard InChI is InChI=1S/C21H21F3N2O5S2/c1-10-15(32(5)29)9-13(20(2,3)4)17(27)16(10)18-25-14-7-6-11(8-12(14)19(28)26-18)33(30,31)21(22,23)24/h6-9,27H,1-5H3,(H,25,26,28)/t32-/m1/s1. The van der Waals surface area contributed by atoms with Gasteiger partial charge in [-0.3, -0.25) is 4.79 Å². The van der Waals surface area contributed by atoms with E-state index in [1.807, 2.05) is 20.8 Å². The number of halogens is 3. The SMILES string of the molecule is Cc1c([S@@+](C)[O-])cc(C(C)(C)C)c(O)c1-c1nc2ccc(S(=O)(=O)C(F)(F)F)cc2c(=O)[nH]1. The number of aromatic hydroxyl groups is 1. The molecule has 1 aromatic heterocycles. The maximum absolute atomic E-state index is 12.9. The Kier molecular flexibility index (Phi) is 6.10. The number of hydrogen-bond acceptors (Lipinski definition) is 6. The van der Waals surface area contributed by atoms with Gasteiger partial charge in [0.05, 0.1) is 21.4 Å². The molecule has 0 fully saturated rings. The molecule has 1 atom stereocenters. The smallest absolute Gasteiger partial charge is 0.501 e. The normalized spacial score (nSPS) is 14.0. The molecule has 1 heterocycles. The summed E-state index contributed by atoms with van der Waals surface area (Å²) >= 11 is -1.44. The van der Waals surface area contributed by atoms with Crippen molar-refractivity contribution in [3.63, 3.8) is 0 Å². The van der Waals surface area contributed by atoms with Crippen molar-refractivity contribution in [3.05, 3.63) is 45.7 Å². The summed E-state index contributed by atoms with van der Waals surface area (Å²) in [5, 5.41) is 10.6. The highest BCUT2D eigenvalue weighted by Crippen LogP contribution is 2.42. The Morgan fingerprint density at radius 3 is 2.27 bits per heavy atom. The Bertz CT molecular complexity index is 1420. The van der Waals surface area contributed by atoms with E-state index in [0.717, 1.165) is 6.07 Å². The number of nitrogens with zero attached hydrogens (tertiary/aromatic N) is 1. The molecule has 0 radical (unpaired) electrons. The Morgan fingerprint density at radius 2 is 1.76 bits per heavy atom. The summed E-state index contributed by atoms with van der Waals surface area (Å²) in [6.45, 7) is 7.11. The molecule has 0 saturated carbocycles. The first-order valence-corrected chi connectivity index (χ1v) is 12.6. The van der Waals surface area contributed by atoms with E-state index in [0.29, 0.717) is 28.2 Å². The van der Waals surface area contributed by atoms with Gasteiger partial charge in [-0.15, -0.1) is 0 Å². The summed E-state index contributed by atoms with van der Waals surface area (Å²) in [5.41, 5.74) is -6.06. The van der Waals surface area contributed by atoms with Gasteiger partial charge in [0, 0.05) is 17.2 Å². The third-order valence-corrected chi connectivity index (χ3v) is 7.69. The van der Waals surface area contributed by atoms with E-state index in [1.165, 1.54) is 6.26 Å². The monoisotopic (exact) mass is 502 g/mol.